The van der Waals surface area contributed by atoms with Crippen LogP contribution in [0.4, 0.5) is 16.2 Å². The molecule has 0 spiro atoms. The van der Waals surface area contributed by atoms with E-state index < -0.39 is 0 Å². The van der Waals surface area contributed by atoms with E-state index in [0.717, 1.165) is 50.3 Å². The topological polar surface area (TPSA) is 26.8 Å². The van der Waals surface area contributed by atoms with Gasteiger partial charge in [0.05, 0.1) is 11.4 Å². The Morgan fingerprint density at radius 2 is 1.48 bits per heavy atom. The Kier molecular flexibility index (Phi) is 5.39. The number of nitrogens with zero attached hydrogens (tertiary/aromatic N) is 3. The summed E-state index contributed by atoms with van der Waals surface area (Å²) in [6, 6.07) is 29.9. The van der Waals surface area contributed by atoms with Crippen LogP contribution in [0.15, 0.2) is 84.9 Å². The van der Waals surface area contributed by atoms with Gasteiger partial charge in [-0.2, -0.15) is 0 Å². The van der Waals surface area contributed by atoms with Crippen molar-refractivity contribution < 1.29 is 4.79 Å². The highest BCUT2D eigenvalue weighted by atomic mass is 16.2. The standard InChI is InChI=1S/C29H31N3O/c33-29(32(24-12-3-1-4-13-24)25-14-5-2-6-15-25)31-18-9-11-23-21-30-19-17-22-10-7-8-16-26(22)28(30)20-27(23)31/h1-8,10,12-16,23,27-28H,9,11,17-21H2. The van der Waals surface area contributed by atoms with Gasteiger partial charge in [0.1, 0.15) is 0 Å². The summed E-state index contributed by atoms with van der Waals surface area (Å²) in [5, 5.41) is 0. The molecule has 0 radical (unpaired) electrons. The minimum atomic E-state index is 0.111. The Labute approximate surface area is 196 Å². The summed E-state index contributed by atoms with van der Waals surface area (Å²) in [7, 11) is 0. The number of anilines is 2. The second-order valence-corrected chi connectivity index (χ2v) is 9.65. The van der Waals surface area contributed by atoms with E-state index in [1.54, 1.807) is 0 Å². The van der Waals surface area contributed by atoms with Gasteiger partial charge in [-0.15, -0.1) is 0 Å². The van der Waals surface area contributed by atoms with Gasteiger partial charge in [0.25, 0.3) is 0 Å². The van der Waals surface area contributed by atoms with Gasteiger partial charge in [0, 0.05) is 31.7 Å². The number of amides is 2. The van der Waals surface area contributed by atoms with Crippen LogP contribution in [0.25, 0.3) is 0 Å². The number of para-hydroxylation sites is 2. The van der Waals surface area contributed by atoms with E-state index in [9.17, 15) is 4.79 Å². The van der Waals surface area contributed by atoms with Gasteiger partial charge < -0.3 is 4.90 Å². The largest absolute Gasteiger partial charge is 0.329 e. The van der Waals surface area contributed by atoms with Gasteiger partial charge in [-0.25, -0.2) is 4.79 Å². The monoisotopic (exact) mass is 437 g/mol. The number of hydrogen-bond acceptors (Lipinski definition) is 2. The molecule has 3 aliphatic heterocycles. The first-order valence-electron chi connectivity index (χ1n) is 12.3. The van der Waals surface area contributed by atoms with Crippen LogP contribution in [-0.2, 0) is 6.42 Å². The van der Waals surface area contributed by atoms with E-state index in [1.165, 1.54) is 17.5 Å². The smallest absolute Gasteiger partial charge is 0.321 e. The first-order valence-corrected chi connectivity index (χ1v) is 12.3. The van der Waals surface area contributed by atoms with E-state index in [2.05, 4.69) is 34.1 Å². The fourth-order valence-corrected chi connectivity index (χ4v) is 6.29. The first-order chi connectivity index (χ1) is 16.3. The highest BCUT2D eigenvalue weighted by Crippen LogP contribution is 2.43. The fraction of sp³-hybridized carbons (Fsp3) is 0.345. The van der Waals surface area contributed by atoms with Crippen LogP contribution in [0.3, 0.4) is 0 Å². The molecule has 3 aliphatic rings. The SMILES string of the molecule is O=C(N(c1ccccc1)c1ccccc1)N1CCCC2CN3CCc4ccccc4C3CC21. The zero-order valence-corrected chi connectivity index (χ0v) is 19.0. The quantitative estimate of drug-likeness (QED) is 0.489. The summed E-state index contributed by atoms with van der Waals surface area (Å²) in [4.78, 5) is 21.0. The van der Waals surface area contributed by atoms with Crippen molar-refractivity contribution >= 4 is 17.4 Å². The van der Waals surface area contributed by atoms with Crippen molar-refractivity contribution in [2.75, 3.05) is 24.5 Å². The molecule has 33 heavy (non-hydrogen) atoms. The van der Waals surface area contributed by atoms with Gasteiger partial charge in [0.15, 0.2) is 0 Å². The summed E-state index contributed by atoms with van der Waals surface area (Å²) in [5.41, 5.74) is 4.82. The molecule has 3 unspecified atom stereocenters. The Morgan fingerprint density at radius 3 is 2.21 bits per heavy atom. The summed E-state index contributed by atoms with van der Waals surface area (Å²) >= 11 is 0. The molecule has 0 N–H and O–H groups in total. The molecular formula is C29H31N3O. The fourth-order valence-electron chi connectivity index (χ4n) is 6.29. The van der Waals surface area contributed by atoms with Crippen LogP contribution in [-0.4, -0.2) is 41.5 Å². The lowest BCUT2D eigenvalue weighted by atomic mass is 9.76. The first kappa shape index (κ1) is 20.5. The molecule has 3 atom stereocenters. The van der Waals surface area contributed by atoms with Gasteiger partial charge in [0.2, 0.25) is 0 Å². The summed E-state index contributed by atoms with van der Waals surface area (Å²) in [6.45, 7) is 3.08. The molecule has 4 heteroatoms. The summed E-state index contributed by atoms with van der Waals surface area (Å²) < 4.78 is 0. The molecule has 2 amide bonds. The van der Waals surface area contributed by atoms with Crippen molar-refractivity contribution in [1.82, 2.24) is 9.80 Å². The minimum Gasteiger partial charge on any atom is -0.321 e. The minimum absolute atomic E-state index is 0.111. The van der Waals surface area contributed by atoms with Crippen LogP contribution in [0.5, 0.6) is 0 Å². The van der Waals surface area contributed by atoms with Crippen LogP contribution < -0.4 is 4.90 Å². The summed E-state index contributed by atoms with van der Waals surface area (Å²) in [6.07, 6.45) is 4.47. The lowest BCUT2D eigenvalue weighted by Gasteiger charge is -2.52. The number of urea groups is 1. The van der Waals surface area contributed by atoms with Gasteiger partial charge in [-0.05, 0) is 67.0 Å². The summed E-state index contributed by atoms with van der Waals surface area (Å²) in [5.74, 6) is 0.553. The highest BCUT2D eigenvalue weighted by molar-refractivity contribution is 5.99. The van der Waals surface area contributed by atoms with Crippen LogP contribution in [0.2, 0.25) is 0 Å². The maximum absolute atomic E-state index is 14.2. The van der Waals surface area contributed by atoms with Crippen LogP contribution in [0, 0.1) is 5.92 Å². The molecule has 2 saturated heterocycles. The second kappa shape index (κ2) is 8.68. The number of fused-ring (bicyclic) bond motifs is 4. The average molecular weight is 438 g/mol. The van der Waals surface area contributed by atoms with Crippen LogP contribution >= 0.6 is 0 Å². The molecule has 0 saturated carbocycles. The van der Waals surface area contributed by atoms with E-state index in [-0.39, 0.29) is 12.1 Å². The molecular weight excluding hydrogens is 406 g/mol. The third-order valence-electron chi connectivity index (χ3n) is 7.84. The van der Waals surface area contributed by atoms with Gasteiger partial charge in [-0.1, -0.05) is 60.7 Å². The van der Waals surface area contributed by atoms with E-state index in [0.29, 0.717) is 12.0 Å². The molecule has 6 rings (SSSR count). The molecule has 168 valence electrons. The Bertz CT molecular complexity index is 1080. The maximum Gasteiger partial charge on any atom is 0.329 e. The molecule has 0 aliphatic carbocycles. The molecule has 2 fully saturated rings. The number of likely N-dealkylation sites (tertiary alicyclic amines) is 1. The Balaban J connectivity index is 1.34. The second-order valence-electron chi connectivity index (χ2n) is 9.65. The average Bonchev–Trinajstić information content (AvgIpc) is 2.88. The normalized spacial score (nSPS) is 24.4. The molecule has 0 bridgehead atoms. The number of carbonyl (C=O) groups excluding carboxylic acids is 1. The number of carbonyl (C=O) groups is 1. The number of piperidine rings is 2. The molecule has 3 aromatic carbocycles. The molecule has 3 heterocycles. The third-order valence-corrected chi connectivity index (χ3v) is 7.84. The van der Waals surface area contributed by atoms with Crippen LogP contribution in [0.1, 0.15) is 36.4 Å². The lowest BCUT2D eigenvalue weighted by molar-refractivity contribution is 0.00743. The highest BCUT2D eigenvalue weighted by Gasteiger charge is 2.44. The van der Waals surface area contributed by atoms with Crippen molar-refractivity contribution in [2.45, 2.75) is 37.8 Å². The van der Waals surface area contributed by atoms with Gasteiger partial charge >= 0.3 is 6.03 Å². The molecule has 3 aromatic rings. The number of hydrogen-bond donors (Lipinski definition) is 0. The predicted octanol–water partition coefficient (Wildman–Crippen LogP) is 6.03. The predicted molar refractivity (Wildman–Crippen MR) is 133 cm³/mol. The zero-order chi connectivity index (χ0) is 22.2. The number of rotatable bonds is 2. The Morgan fingerprint density at radius 1 is 0.818 bits per heavy atom. The Hall–Kier alpha value is -3.11. The lowest BCUT2D eigenvalue weighted by Crippen LogP contribution is -2.59. The van der Waals surface area contributed by atoms with Crippen molar-refractivity contribution in [3.05, 3.63) is 96.1 Å². The van der Waals surface area contributed by atoms with Crippen molar-refractivity contribution in [2.24, 2.45) is 5.92 Å². The molecule has 0 aromatic heterocycles. The third kappa shape index (κ3) is 3.72. The van der Waals surface area contributed by atoms with Gasteiger partial charge in [-0.3, -0.25) is 9.80 Å². The van der Waals surface area contributed by atoms with E-state index in [1.807, 2.05) is 65.6 Å². The van der Waals surface area contributed by atoms with Crippen molar-refractivity contribution in [1.29, 1.82) is 0 Å². The zero-order valence-electron chi connectivity index (χ0n) is 19.0. The van der Waals surface area contributed by atoms with E-state index >= 15 is 0 Å². The van der Waals surface area contributed by atoms with Crippen molar-refractivity contribution in [3.8, 4) is 0 Å². The molecule has 4 nitrogen and oxygen atoms in total. The number of benzene rings is 3. The van der Waals surface area contributed by atoms with Crippen molar-refractivity contribution in [3.63, 3.8) is 0 Å². The van der Waals surface area contributed by atoms with E-state index in [4.69, 9.17) is 0 Å². The maximum atomic E-state index is 14.2.